The maximum absolute atomic E-state index is 15.0. The molecule has 1 aliphatic heterocycles. The quantitative estimate of drug-likeness (QED) is 0.151. The van der Waals surface area contributed by atoms with E-state index < -0.39 is 11.7 Å². The summed E-state index contributed by atoms with van der Waals surface area (Å²) in [7, 11) is 2.12. The van der Waals surface area contributed by atoms with E-state index >= 15 is 4.39 Å². The predicted molar refractivity (Wildman–Crippen MR) is 190 cm³/mol. The zero-order valence-electron chi connectivity index (χ0n) is 28.5. The van der Waals surface area contributed by atoms with Gasteiger partial charge in [0, 0.05) is 75.5 Å². The number of hydrogen-bond donors (Lipinski definition) is 2. The number of hydrogen-bond acceptors (Lipinski definition) is 10. The number of amides is 2. The van der Waals surface area contributed by atoms with Crippen molar-refractivity contribution in [2.75, 3.05) is 64.8 Å². The van der Waals surface area contributed by atoms with Crippen LogP contribution in [0, 0.1) is 5.82 Å². The molecule has 50 heavy (non-hydrogen) atoms. The number of nitrogens with one attached hydrogen (secondary N) is 2. The highest BCUT2D eigenvalue weighted by Crippen LogP contribution is 2.32. The molecule has 0 unspecified atom stereocenters. The van der Waals surface area contributed by atoms with Gasteiger partial charge >= 0.3 is 0 Å². The van der Waals surface area contributed by atoms with Gasteiger partial charge in [-0.25, -0.2) is 9.37 Å². The molecule has 0 aliphatic carbocycles. The molecule has 3 heterocycles. The molecule has 0 spiro atoms. The molecule has 4 aromatic rings. The van der Waals surface area contributed by atoms with Gasteiger partial charge < -0.3 is 34.8 Å². The Morgan fingerprint density at radius 1 is 1.00 bits per heavy atom. The van der Waals surface area contributed by atoms with E-state index in [4.69, 9.17) is 21.1 Å². The topological polar surface area (TPSA) is 125 Å². The highest BCUT2D eigenvalue weighted by atomic mass is 35.5. The van der Waals surface area contributed by atoms with Gasteiger partial charge in [-0.1, -0.05) is 17.7 Å². The molecule has 2 N–H and O–H groups in total. The van der Waals surface area contributed by atoms with Gasteiger partial charge in [-0.15, -0.1) is 0 Å². The largest absolute Gasteiger partial charge is 0.490 e. The summed E-state index contributed by atoms with van der Waals surface area (Å²) in [6, 6.07) is 14.5. The van der Waals surface area contributed by atoms with Crippen molar-refractivity contribution in [2.24, 2.45) is 0 Å². The van der Waals surface area contributed by atoms with Crippen LogP contribution in [0.3, 0.4) is 0 Å². The first-order chi connectivity index (χ1) is 24.2. The summed E-state index contributed by atoms with van der Waals surface area (Å²) in [5.74, 6) is -0.953. The second kappa shape index (κ2) is 17.7. The van der Waals surface area contributed by atoms with Crippen molar-refractivity contribution >= 4 is 35.1 Å². The van der Waals surface area contributed by atoms with Crippen LogP contribution in [0.5, 0.6) is 17.4 Å². The van der Waals surface area contributed by atoms with Crippen LogP contribution in [0.1, 0.15) is 46.7 Å². The Kier molecular flexibility index (Phi) is 12.9. The molecule has 2 aromatic carbocycles. The van der Waals surface area contributed by atoms with Crippen LogP contribution in [0.15, 0.2) is 67.0 Å². The van der Waals surface area contributed by atoms with Crippen molar-refractivity contribution in [1.29, 1.82) is 0 Å². The summed E-state index contributed by atoms with van der Waals surface area (Å²) in [4.78, 5) is 45.5. The highest BCUT2D eigenvalue weighted by molar-refractivity contribution is 6.32. The molecule has 1 saturated heterocycles. The van der Waals surface area contributed by atoms with Crippen molar-refractivity contribution in [3.63, 3.8) is 0 Å². The number of benzene rings is 2. The van der Waals surface area contributed by atoms with E-state index in [0.29, 0.717) is 36.6 Å². The molecule has 2 aromatic heterocycles. The van der Waals surface area contributed by atoms with Crippen molar-refractivity contribution < 1.29 is 23.5 Å². The van der Waals surface area contributed by atoms with E-state index in [0.717, 1.165) is 39.1 Å². The van der Waals surface area contributed by atoms with Crippen LogP contribution >= 0.6 is 11.6 Å². The third-order valence-electron chi connectivity index (χ3n) is 8.25. The number of nitrogens with zero attached hydrogens (tertiary/aromatic N) is 6. The maximum atomic E-state index is 15.0. The van der Waals surface area contributed by atoms with Gasteiger partial charge in [0.25, 0.3) is 11.8 Å². The zero-order chi connectivity index (χ0) is 35.5. The molecule has 1 aliphatic rings. The second-order valence-electron chi connectivity index (χ2n) is 11.8. The normalized spacial score (nSPS) is 13.5. The molecule has 0 atom stereocenters. The number of anilines is 2. The first-order valence-electron chi connectivity index (χ1n) is 16.7. The predicted octanol–water partition coefficient (Wildman–Crippen LogP) is 5.63. The summed E-state index contributed by atoms with van der Waals surface area (Å²) in [6.07, 6.45) is 3.73. The Labute approximate surface area is 296 Å². The molecular formula is C36H42ClFN8O4. The van der Waals surface area contributed by atoms with Gasteiger partial charge in [-0.3, -0.25) is 14.6 Å². The van der Waals surface area contributed by atoms with Crippen LogP contribution in [0.4, 0.5) is 16.0 Å². The number of carbonyl (C=O) groups excluding carboxylic acids is 2. The van der Waals surface area contributed by atoms with Crippen LogP contribution in [0.25, 0.3) is 0 Å². The number of piperazine rings is 1. The summed E-state index contributed by atoms with van der Waals surface area (Å²) in [5, 5.41) is 5.91. The monoisotopic (exact) mass is 704 g/mol. The fourth-order valence-corrected chi connectivity index (χ4v) is 5.53. The number of pyridine rings is 1. The van der Waals surface area contributed by atoms with E-state index in [-0.39, 0.29) is 46.4 Å². The smallest absolute Gasteiger partial charge is 0.258 e. The third kappa shape index (κ3) is 9.87. The van der Waals surface area contributed by atoms with Gasteiger partial charge in [0.05, 0.1) is 23.9 Å². The fourth-order valence-electron chi connectivity index (χ4n) is 5.31. The molecule has 14 heteroatoms. The van der Waals surface area contributed by atoms with Crippen LogP contribution in [-0.2, 0) is 6.54 Å². The van der Waals surface area contributed by atoms with Crippen LogP contribution in [0.2, 0.25) is 5.02 Å². The van der Waals surface area contributed by atoms with Crippen molar-refractivity contribution in [3.8, 4) is 17.4 Å². The van der Waals surface area contributed by atoms with E-state index in [1.807, 2.05) is 19.9 Å². The standard InChI is InChI=1S/C36H42ClFN8O4/c1-4-46(5-2)35(48)25-10-12-31(29(37)21-25)50-34-28(33(47)40-23-27-9-6-7-14-39-27)24-41-36(43-34)42-26-11-13-32(30(38)22-26)49-20-8-15-45-18-16-44(3)17-19-45/h6-7,9-14,21-22,24H,4-5,8,15-20,23H2,1-3H3,(H,40,47)(H,41,42,43). The molecule has 1 fully saturated rings. The number of rotatable bonds is 15. The molecule has 0 saturated carbocycles. The Morgan fingerprint density at radius 2 is 1.78 bits per heavy atom. The minimum Gasteiger partial charge on any atom is -0.490 e. The van der Waals surface area contributed by atoms with Gasteiger partial charge in [0.2, 0.25) is 11.8 Å². The molecule has 0 radical (unpaired) electrons. The Bertz CT molecular complexity index is 1750. The first kappa shape index (κ1) is 36.4. The third-order valence-corrected chi connectivity index (χ3v) is 8.55. The lowest BCUT2D eigenvalue weighted by atomic mass is 10.2. The second-order valence-corrected chi connectivity index (χ2v) is 12.2. The number of aromatic nitrogens is 3. The van der Waals surface area contributed by atoms with E-state index in [1.165, 1.54) is 18.3 Å². The summed E-state index contributed by atoms with van der Waals surface area (Å²) >= 11 is 6.56. The zero-order valence-corrected chi connectivity index (χ0v) is 29.3. The highest BCUT2D eigenvalue weighted by Gasteiger charge is 2.21. The average molecular weight is 705 g/mol. The minimum atomic E-state index is -0.539. The lowest BCUT2D eigenvalue weighted by Crippen LogP contribution is -2.44. The fraction of sp³-hybridized carbons (Fsp3) is 0.361. The van der Waals surface area contributed by atoms with Gasteiger partial charge in [0.1, 0.15) is 11.3 Å². The lowest BCUT2D eigenvalue weighted by molar-refractivity contribution is 0.0772. The number of likely N-dealkylation sites (N-methyl/N-ethyl adjacent to an activating group) is 1. The summed E-state index contributed by atoms with van der Waals surface area (Å²) in [5.41, 5.74) is 1.44. The van der Waals surface area contributed by atoms with Gasteiger partial charge in [-0.2, -0.15) is 4.98 Å². The Morgan fingerprint density at radius 3 is 2.48 bits per heavy atom. The number of carbonyl (C=O) groups is 2. The molecule has 5 rings (SSSR count). The lowest BCUT2D eigenvalue weighted by Gasteiger charge is -2.32. The summed E-state index contributed by atoms with van der Waals surface area (Å²) < 4.78 is 26.8. The Hall–Kier alpha value is -4.85. The van der Waals surface area contributed by atoms with Gasteiger partial charge in [0.15, 0.2) is 11.6 Å². The SMILES string of the molecule is CCN(CC)C(=O)c1ccc(Oc2nc(Nc3ccc(OCCCN4CCN(C)CC4)c(F)c3)ncc2C(=O)NCc2ccccn2)c(Cl)c1. The molecule has 0 bridgehead atoms. The average Bonchev–Trinajstić information content (AvgIpc) is 3.12. The van der Waals surface area contributed by atoms with E-state index in [9.17, 15) is 9.59 Å². The number of halogens is 2. The molecule has 264 valence electrons. The van der Waals surface area contributed by atoms with Crippen molar-refractivity contribution in [2.45, 2.75) is 26.8 Å². The first-order valence-corrected chi connectivity index (χ1v) is 17.0. The molecule has 12 nitrogen and oxygen atoms in total. The minimum absolute atomic E-state index is 0.0253. The van der Waals surface area contributed by atoms with Gasteiger partial charge in [-0.05, 0) is 69.8 Å². The maximum Gasteiger partial charge on any atom is 0.258 e. The van der Waals surface area contributed by atoms with Crippen LogP contribution < -0.4 is 20.1 Å². The van der Waals surface area contributed by atoms with Crippen LogP contribution in [-0.4, -0.2) is 101 Å². The molecular weight excluding hydrogens is 663 g/mol. The van der Waals surface area contributed by atoms with E-state index in [1.54, 1.807) is 47.5 Å². The summed E-state index contributed by atoms with van der Waals surface area (Å²) in [6.45, 7) is 10.5. The molecule has 2 amide bonds. The van der Waals surface area contributed by atoms with E-state index in [2.05, 4.69) is 42.4 Å². The number of ether oxygens (including phenoxy) is 2. The van der Waals surface area contributed by atoms with Crippen molar-refractivity contribution in [3.05, 3.63) is 94.7 Å². The Balaban J connectivity index is 1.30. The van der Waals surface area contributed by atoms with Crippen molar-refractivity contribution in [1.82, 2.24) is 35.0 Å².